The number of para-hydroxylation sites is 1. The molecule has 5 heteroatoms. The molecule has 1 amide bonds. The minimum atomic E-state index is -0.273. The van der Waals surface area contributed by atoms with Gasteiger partial charge in [-0.1, -0.05) is 30.3 Å². The maximum Gasteiger partial charge on any atom is 0.257 e. The molecule has 1 unspecified atom stereocenters. The third-order valence-electron chi connectivity index (χ3n) is 4.25. The monoisotopic (exact) mass is 326 g/mol. The van der Waals surface area contributed by atoms with Gasteiger partial charge in [-0.3, -0.25) is 4.79 Å². The summed E-state index contributed by atoms with van der Waals surface area (Å²) >= 11 is 0. The van der Waals surface area contributed by atoms with E-state index in [9.17, 15) is 4.79 Å². The van der Waals surface area contributed by atoms with E-state index >= 15 is 0 Å². The number of methoxy groups -OCH3 is 1. The second-order valence-electron chi connectivity index (χ2n) is 5.84. The van der Waals surface area contributed by atoms with E-state index in [-0.39, 0.29) is 12.1 Å². The molecule has 1 aliphatic heterocycles. The molecule has 0 bridgehead atoms. The summed E-state index contributed by atoms with van der Waals surface area (Å²) in [7, 11) is 3.45. The Kier molecular flexibility index (Phi) is 4.71. The predicted molar refractivity (Wildman–Crippen MR) is 93.4 cm³/mol. The van der Waals surface area contributed by atoms with Crippen molar-refractivity contribution in [3.63, 3.8) is 0 Å². The van der Waals surface area contributed by atoms with Gasteiger partial charge in [0.05, 0.1) is 12.2 Å². The smallest absolute Gasteiger partial charge is 0.257 e. The zero-order valence-electron chi connectivity index (χ0n) is 14.2. The Morgan fingerprint density at radius 2 is 1.92 bits per heavy atom. The van der Waals surface area contributed by atoms with Crippen LogP contribution in [0.2, 0.25) is 0 Å². The van der Waals surface area contributed by atoms with Crippen molar-refractivity contribution in [2.24, 2.45) is 0 Å². The summed E-state index contributed by atoms with van der Waals surface area (Å²) in [5.74, 6) is 0.765. The highest BCUT2D eigenvalue weighted by Gasteiger charge is 2.32. The molecular formula is C19H22N2O3. The van der Waals surface area contributed by atoms with Crippen LogP contribution in [0.3, 0.4) is 0 Å². The molecular weight excluding hydrogens is 304 g/mol. The second-order valence-corrected chi connectivity index (χ2v) is 5.84. The van der Waals surface area contributed by atoms with Gasteiger partial charge in [0.15, 0.2) is 0 Å². The van der Waals surface area contributed by atoms with Crippen LogP contribution in [0.5, 0.6) is 5.75 Å². The topological polar surface area (TPSA) is 50.8 Å². The maximum atomic E-state index is 12.8. The predicted octanol–water partition coefficient (Wildman–Crippen LogP) is 3.22. The van der Waals surface area contributed by atoms with Crippen molar-refractivity contribution in [3.05, 3.63) is 59.2 Å². The molecule has 0 saturated carbocycles. The van der Waals surface area contributed by atoms with E-state index < -0.39 is 0 Å². The number of rotatable bonds is 5. The molecule has 24 heavy (non-hydrogen) atoms. The van der Waals surface area contributed by atoms with Gasteiger partial charge in [-0.15, -0.1) is 0 Å². The third-order valence-corrected chi connectivity index (χ3v) is 4.25. The van der Waals surface area contributed by atoms with E-state index in [0.29, 0.717) is 13.2 Å². The molecule has 0 aromatic heterocycles. The standard InChI is InChI=1S/C19H22N2O3/c1-13-7-6-9-15-17(13)19(22)21(2)18(20-15)14-8-4-5-10-16(14)24-12-11-23-3/h4-10,18,20H,11-12H2,1-3H3. The van der Waals surface area contributed by atoms with Crippen molar-refractivity contribution in [2.45, 2.75) is 13.1 Å². The number of hydrogen-bond acceptors (Lipinski definition) is 4. The van der Waals surface area contributed by atoms with Gasteiger partial charge < -0.3 is 19.7 Å². The number of nitrogens with one attached hydrogen (secondary N) is 1. The lowest BCUT2D eigenvalue weighted by Crippen LogP contribution is -2.40. The molecule has 1 atom stereocenters. The highest BCUT2D eigenvalue weighted by atomic mass is 16.5. The van der Waals surface area contributed by atoms with Crippen LogP contribution in [0.1, 0.15) is 27.7 Å². The molecule has 1 aliphatic rings. The number of nitrogens with zero attached hydrogens (tertiary/aromatic N) is 1. The van der Waals surface area contributed by atoms with Gasteiger partial charge in [0.1, 0.15) is 18.5 Å². The summed E-state index contributed by atoms with van der Waals surface area (Å²) in [6, 6.07) is 13.6. The van der Waals surface area contributed by atoms with E-state index in [1.54, 1.807) is 19.1 Å². The molecule has 0 saturated heterocycles. The minimum absolute atomic E-state index is 0.0125. The van der Waals surface area contributed by atoms with Crippen LogP contribution in [0.15, 0.2) is 42.5 Å². The van der Waals surface area contributed by atoms with E-state index in [1.165, 1.54) is 0 Å². The number of anilines is 1. The van der Waals surface area contributed by atoms with Gasteiger partial charge in [-0.25, -0.2) is 0 Å². The number of ether oxygens (including phenoxy) is 2. The largest absolute Gasteiger partial charge is 0.491 e. The van der Waals surface area contributed by atoms with Gasteiger partial charge in [0.2, 0.25) is 0 Å². The van der Waals surface area contributed by atoms with Crippen molar-refractivity contribution >= 4 is 11.6 Å². The van der Waals surface area contributed by atoms with Crippen molar-refractivity contribution in [2.75, 3.05) is 32.7 Å². The summed E-state index contributed by atoms with van der Waals surface area (Å²) in [4.78, 5) is 14.5. The van der Waals surface area contributed by atoms with Gasteiger partial charge in [0, 0.05) is 25.4 Å². The van der Waals surface area contributed by atoms with Crippen LogP contribution < -0.4 is 10.1 Å². The first-order chi connectivity index (χ1) is 11.6. The first kappa shape index (κ1) is 16.3. The van der Waals surface area contributed by atoms with E-state index in [2.05, 4.69) is 5.32 Å². The molecule has 0 radical (unpaired) electrons. The van der Waals surface area contributed by atoms with Crippen LogP contribution >= 0.6 is 0 Å². The van der Waals surface area contributed by atoms with Crippen LogP contribution in [0.25, 0.3) is 0 Å². The number of fused-ring (bicyclic) bond motifs is 1. The van der Waals surface area contributed by atoms with Gasteiger partial charge in [-0.05, 0) is 24.6 Å². The van der Waals surface area contributed by atoms with Crippen molar-refractivity contribution < 1.29 is 14.3 Å². The Bertz CT molecular complexity index is 745. The van der Waals surface area contributed by atoms with E-state index in [0.717, 1.165) is 28.1 Å². The van der Waals surface area contributed by atoms with Crippen LogP contribution in [-0.4, -0.2) is 38.2 Å². The number of aryl methyl sites for hydroxylation is 1. The Morgan fingerprint density at radius 3 is 2.71 bits per heavy atom. The average Bonchev–Trinajstić information content (AvgIpc) is 2.59. The molecule has 0 spiro atoms. The summed E-state index contributed by atoms with van der Waals surface area (Å²) in [6.07, 6.45) is -0.273. The average molecular weight is 326 g/mol. The molecule has 1 N–H and O–H groups in total. The quantitative estimate of drug-likeness (QED) is 0.857. The normalized spacial score (nSPS) is 16.5. The number of hydrogen-bond donors (Lipinski definition) is 1. The fourth-order valence-electron chi connectivity index (χ4n) is 2.97. The minimum Gasteiger partial charge on any atom is -0.491 e. The highest BCUT2D eigenvalue weighted by Crippen LogP contribution is 2.36. The van der Waals surface area contributed by atoms with Gasteiger partial charge in [-0.2, -0.15) is 0 Å². The second kappa shape index (κ2) is 6.93. The Hall–Kier alpha value is -2.53. The molecule has 5 nitrogen and oxygen atoms in total. The van der Waals surface area contributed by atoms with Crippen LogP contribution in [0.4, 0.5) is 5.69 Å². The number of carbonyl (C=O) groups is 1. The lowest BCUT2D eigenvalue weighted by molar-refractivity contribution is 0.0731. The Labute approximate surface area is 142 Å². The molecule has 2 aromatic carbocycles. The zero-order chi connectivity index (χ0) is 17.1. The molecule has 0 aliphatic carbocycles. The first-order valence-corrected chi connectivity index (χ1v) is 7.97. The lowest BCUT2D eigenvalue weighted by Gasteiger charge is -2.36. The fraction of sp³-hybridized carbons (Fsp3) is 0.316. The third kappa shape index (κ3) is 2.95. The highest BCUT2D eigenvalue weighted by molar-refractivity contribution is 6.03. The van der Waals surface area contributed by atoms with Crippen molar-refractivity contribution in [1.82, 2.24) is 4.90 Å². The Balaban J connectivity index is 1.95. The fourth-order valence-corrected chi connectivity index (χ4v) is 2.97. The summed E-state index contributed by atoms with van der Waals surface area (Å²) in [5.41, 5.74) is 3.49. The van der Waals surface area contributed by atoms with Gasteiger partial charge >= 0.3 is 0 Å². The summed E-state index contributed by atoms with van der Waals surface area (Å²) in [6.45, 7) is 2.94. The molecule has 3 rings (SSSR count). The van der Waals surface area contributed by atoms with Crippen molar-refractivity contribution in [3.8, 4) is 5.75 Å². The van der Waals surface area contributed by atoms with Crippen LogP contribution in [0, 0.1) is 6.92 Å². The lowest BCUT2D eigenvalue weighted by atomic mass is 10.00. The SMILES string of the molecule is COCCOc1ccccc1C1Nc2cccc(C)c2C(=O)N1C. The molecule has 2 aromatic rings. The van der Waals surface area contributed by atoms with Crippen LogP contribution in [-0.2, 0) is 4.74 Å². The van der Waals surface area contributed by atoms with E-state index in [1.807, 2.05) is 49.4 Å². The molecule has 126 valence electrons. The zero-order valence-corrected chi connectivity index (χ0v) is 14.2. The molecule has 0 fully saturated rings. The first-order valence-electron chi connectivity index (χ1n) is 7.97. The summed E-state index contributed by atoms with van der Waals surface area (Å²) < 4.78 is 10.9. The van der Waals surface area contributed by atoms with Crippen molar-refractivity contribution in [1.29, 1.82) is 0 Å². The molecule has 1 heterocycles. The number of amides is 1. The van der Waals surface area contributed by atoms with E-state index in [4.69, 9.17) is 9.47 Å². The number of benzene rings is 2. The Morgan fingerprint density at radius 1 is 1.12 bits per heavy atom. The number of carbonyl (C=O) groups excluding carboxylic acids is 1. The maximum absolute atomic E-state index is 12.8. The van der Waals surface area contributed by atoms with Gasteiger partial charge in [0.25, 0.3) is 5.91 Å². The summed E-state index contributed by atoms with van der Waals surface area (Å²) in [5, 5.41) is 3.46.